The summed E-state index contributed by atoms with van der Waals surface area (Å²) in [5.41, 5.74) is 5.79. The van der Waals surface area contributed by atoms with Crippen LogP contribution in [0.15, 0.2) is 6.07 Å². The summed E-state index contributed by atoms with van der Waals surface area (Å²) >= 11 is 0. The monoisotopic (exact) mass is 433 g/mol. The van der Waals surface area contributed by atoms with Crippen LogP contribution in [-0.2, 0) is 19.2 Å². The molecule has 0 aromatic carbocycles. The Kier molecular flexibility index (Phi) is 6.35. The molecule has 2 fully saturated rings. The SMILES string of the molecule is Cc1cc(NC(=O)C(=O)N2CCC(C(N)=O)CC2)n(C2NC(=O)CC(C(C)(C)C)N2)n1. The molecule has 2 aliphatic rings. The fourth-order valence-corrected chi connectivity index (χ4v) is 3.86. The highest BCUT2D eigenvalue weighted by molar-refractivity contribution is 6.39. The molecule has 170 valence electrons. The maximum Gasteiger partial charge on any atom is 0.315 e. The zero-order valence-electron chi connectivity index (χ0n) is 18.4. The van der Waals surface area contributed by atoms with E-state index in [1.54, 1.807) is 13.0 Å². The van der Waals surface area contributed by atoms with Gasteiger partial charge in [0, 0.05) is 37.5 Å². The van der Waals surface area contributed by atoms with Crippen LogP contribution in [0.4, 0.5) is 5.82 Å². The van der Waals surface area contributed by atoms with Gasteiger partial charge in [-0.3, -0.25) is 24.5 Å². The summed E-state index contributed by atoms with van der Waals surface area (Å²) in [5, 5.41) is 13.2. The number of amides is 4. The summed E-state index contributed by atoms with van der Waals surface area (Å²) in [5.74, 6) is -1.95. The number of rotatable bonds is 3. The minimum absolute atomic E-state index is 0.0903. The number of carbonyl (C=O) groups is 4. The third kappa shape index (κ3) is 5.22. The van der Waals surface area contributed by atoms with Gasteiger partial charge < -0.3 is 21.3 Å². The first kappa shape index (κ1) is 22.7. The molecule has 1 aromatic rings. The fourth-order valence-electron chi connectivity index (χ4n) is 3.86. The number of likely N-dealkylation sites (tertiary alicyclic amines) is 1. The van der Waals surface area contributed by atoms with Crippen molar-refractivity contribution in [1.29, 1.82) is 0 Å². The highest BCUT2D eigenvalue weighted by Gasteiger charge is 2.36. The largest absolute Gasteiger partial charge is 0.369 e. The summed E-state index contributed by atoms with van der Waals surface area (Å²) in [7, 11) is 0. The minimum Gasteiger partial charge on any atom is -0.369 e. The first-order chi connectivity index (χ1) is 14.5. The number of nitrogens with two attached hydrogens (primary N) is 1. The quantitative estimate of drug-likeness (QED) is 0.486. The number of anilines is 1. The maximum absolute atomic E-state index is 12.6. The van der Waals surface area contributed by atoms with Gasteiger partial charge in [-0.1, -0.05) is 20.8 Å². The molecule has 11 heteroatoms. The number of primary amides is 1. The molecule has 11 nitrogen and oxygen atoms in total. The van der Waals surface area contributed by atoms with Crippen LogP contribution in [0.25, 0.3) is 0 Å². The summed E-state index contributed by atoms with van der Waals surface area (Å²) in [6, 6.07) is 1.55. The predicted molar refractivity (Wildman–Crippen MR) is 112 cm³/mol. The summed E-state index contributed by atoms with van der Waals surface area (Å²) in [6.45, 7) is 8.47. The van der Waals surface area contributed by atoms with Crippen molar-refractivity contribution in [2.45, 2.75) is 59.3 Å². The molecule has 3 rings (SSSR count). The van der Waals surface area contributed by atoms with Gasteiger partial charge in [0.25, 0.3) is 0 Å². The van der Waals surface area contributed by atoms with Gasteiger partial charge in [0.15, 0.2) is 6.29 Å². The molecule has 3 heterocycles. The molecule has 0 bridgehead atoms. The lowest BCUT2D eigenvalue weighted by Gasteiger charge is -2.39. The first-order valence-corrected chi connectivity index (χ1v) is 10.5. The van der Waals surface area contributed by atoms with E-state index in [4.69, 9.17) is 5.73 Å². The standard InChI is InChI=1S/C20H31N7O4/c1-11-9-14(23-17(30)18(31)26-7-5-12(6-8-26)16(21)29)27(25-11)19-22-13(20(2,3)4)10-15(28)24-19/h9,12-13,19,22H,5-8,10H2,1-4H3,(H2,21,29)(H,23,30)(H,24,28). The van der Waals surface area contributed by atoms with Crippen molar-refractivity contribution in [3.8, 4) is 0 Å². The van der Waals surface area contributed by atoms with Crippen molar-refractivity contribution in [3.63, 3.8) is 0 Å². The van der Waals surface area contributed by atoms with E-state index in [1.807, 2.05) is 20.8 Å². The molecule has 31 heavy (non-hydrogen) atoms. The second kappa shape index (κ2) is 8.66. The summed E-state index contributed by atoms with van der Waals surface area (Å²) in [4.78, 5) is 50.2. The van der Waals surface area contributed by atoms with Gasteiger partial charge in [-0.05, 0) is 25.2 Å². The van der Waals surface area contributed by atoms with Crippen LogP contribution in [0.5, 0.6) is 0 Å². The second-order valence-corrected chi connectivity index (χ2v) is 9.30. The van der Waals surface area contributed by atoms with Gasteiger partial charge in [0.05, 0.1) is 5.69 Å². The van der Waals surface area contributed by atoms with Gasteiger partial charge in [0.2, 0.25) is 11.8 Å². The number of aryl methyl sites for hydroxylation is 1. The van der Waals surface area contributed by atoms with E-state index in [2.05, 4.69) is 21.0 Å². The fraction of sp³-hybridized carbons (Fsp3) is 0.650. The van der Waals surface area contributed by atoms with Gasteiger partial charge in [-0.15, -0.1) is 0 Å². The van der Waals surface area contributed by atoms with Crippen LogP contribution in [-0.4, -0.2) is 57.4 Å². The van der Waals surface area contributed by atoms with Crippen LogP contribution in [0.3, 0.4) is 0 Å². The molecule has 0 saturated carbocycles. The van der Waals surface area contributed by atoms with Crippen molar-refractivity contribution in [1.82, 2.24) is 25.3 Å². The van der Waals surface area contributed by atoms with Crippen LogP contribution in [0.2, 0.25) is 0 Å². The zero-order valence-corrected chi connectivity index (χ0v) is 18.4. The lowest BCUT2D eigenvalue weighted by atomic mass is 9.84. The molecule has 2 atom stereocenters. The Morgan fingerprint density at radius 1 is 1.23 bits per heavy atom. The van der Waals surface area contributed by atoms with Crippen molar-refractivity contribution >= 4 is 29.4 Å². The number of hydrogen-bond acceptors (Lipinski definition) is 6. The smallest absolute Gasteiger partial charge is 0.315 e. The lowest BCUT2D eigenvalue weighted by molar-refractivity contribution is -0.144. The Balaban J connectivity index is 1.70. The normalized spacial score (nSPS) is 22.7. The Morgan fingerprint density at radius 3 is 2.45 bits per heavy atom. The maximum atomic E-state index is 12.6. The molecule has 0 radical (unpaired) electrons. The number of piperidine rings is 1. The molecule has 2 aliphatic heterocycles. The predicted octanol–water partition coefficient (Wildman–Crippen LogP) is -0.166. The molecule has 1 aromatic heterocycles. The Bertz CT molecular complexity index is 881. The molecule has 4 amide bonds. The van der Waals surface area contributed by atoms with Crippen LogP contribution in [0, 0.1) is 18.3 Å². The van der Waals surface area contributed by atoms with Crippen LogP contribution in [0.1, 0.15) is 52.0 Å². The van der Waals surface area contributed by atoms with E-state index in [0.717, 1.165) is 0 Å². The molecular formula is C20H31N7O4. The second-order valence-electron chi connectivity index (χ2n) is 9.30. The van der Waals surface area contributed by atoms with Crippen molar-refractivity contribution in [3.05, 3.63) is 11.8 Å². The number of aromatic nitrogens is 2. The molecule has 0 aliphatic carbocycles. The van der Waals surface area contributed by atoms with E-state index in [0.29, 0.717) is 43.9 Å². The summed E-state index contributed by atoms with van der Waals surface area (Å²) < 4.78 is 1.47. The zero-order chi connectivity index (χ0) is 22.9. The van der Waals surface area contributed by atoms with Gasteiger partial charge >= 0.3 is 11.8 Å². The van der Waals surface area contributed by atoms with Crippen LogP contribution >= 0.6 is 0 Å². The van der Waals surface area contributed by atoms with Crippen molar-refractivity contribution < 1.29 is 19.2 Å². The van der Waals surface area contributed by atoms with E-state index in [9.17, 15) is 19.2 Å². The lowest BCUT2D eigenvalue weighted by Crippen LogP contribution is -2.57. The van der Waals surface area contributed by atoms with E-state index >= 15 is 0 Å². The van der Waals surface area contributed by atoms with Crippen molar-refractivity contribution in [2.24, 2.45) is 17.1 Å². The molecular weight excluding hydrogens is 402 g/mol. The first-order valence-electron chi connectivity index (χ1n) is 10.5. The number of nitrogens with one attached hydrogen (secondary N) is 3. The Labute approximate surface area is 181 Å². The highest BCUT2D eigenvalue weighted by Crippen LogP contribution is 2.27. The average Bonchev–Trinajstić information content (AvgIpc) is 3.06. The third-order valence-electron chi connectivity index (χ3n) is 5.81. The van der Waals surface area contributed by atoms with E-state index in [1.165, 1.54) is 9.58 Å². The van der Waals surface area contributed by atoms with Gasteiger partial charge in [-0.2, -0.15) is 5.10 Å². The molecule has 2 saturated heterocycles. The number of nitrogens with zero attached hydrogens (tertiary/aromatic N) is 3. The molecule has 2 unspecified atom stereocenters. The number of carbonyl (C=O) groups excluding carboxylic acids is 4. The molecule has 5 N–H and O–H groups in total. The van der Waals surface area contributed by atoms with E-state index < -0.39 is 18.1 Å². The van der Waals surface area contributed by atoms with Gasteiger partial charge in [-0.25, -0.2) is 4.68 Å². The topological polar surface area (TPSA) is 151 Å². The highest BCUT2D eigenvalue weighted by atomic mass is 16.2. The summed E-state index contributed by atoms with van der Waals surface area (Å²) in [6.07, 6.45) is 0.563. The van der Waals surface area contributed by atoms with E-state index in [-0.39, 0.29) is 29.2 Å². The minimum atomic E-state index is -0.798. The Morgan fingerprint density at radius 2 is 1.87 bits per heavy atom. The number of hydrogen-bond donors (Lipinski definition) is 4. The Hall–Kier alpha value is -2.95. The third-order valence-corrected chi connectivity index (χ3v) is 5.81. The van der Waals surface area contributed by atoms with Crippen LogP contribution < -0.4 is 21.7 Å². The average molecular weight is 434 g/mol. The van der Waals surface area contributed by atoms with Gasteiger partial charge in [0.1, 0.15) is 5.82 Å². The molecule has 0 spiro atoms. The van der Waals surface area contributed by atoms with Crippen molar-refractivity contribution in [2.75, 3.05) is 18.4 Å².